The summed E-state index contributed by atoms with van der Waals surface area (Å²) in [5.41, 5.74) is 2.21. The molecule has 84 valence electrons. The van der Waals surface area contributed by atoms with Crippen molar-refractivity contribution in [1.82, 2.24) is 14.6 Å². The van der Waals surface area contributed by atoms with Crippen molar-refractivity contribution in [3.05, 3.63) is 29.7 Å². The molecule has 0 saturated carbocycles. The summed E-state index contributed by atoms with van der Waals surface area (Å²) in [7, 11) is 0. The molecular weight excluding hydrogens is 206 g/mol. The lowest BCUT2D eigenvalue weighted by Crippen LogP contribution is -2.07. The molecule has 0 fully saturated rings. The molecule has 2 heterocycles. The van der Waals surface area contributed by atoms with Crippen LogP contribution in [0.3, 0.4) is 0 Å². The molecule has 2 aromatic heterocycles. The fourth-order valence-corrected chi connectivity index (χ4v) is 1.52. The largest absolute Gasteiger partial charge is 0.481 e. The fourth-order valence-electron chi connectivity index (χ4n) is 1.52. The third kappa shape index (κ3) is 1.88. The smallest absolute Gasteiger partial charge is 0.309 e. The molecule has 2 aromatic rings. The van der Waals surface area contributed by atoms with Gasteiger partial charge in [-0.1, -0.05) is 13.8 Å². The number of carboxylic acids is 1. The highest BCUT2D eigenvalue weighted by atomic mass is 16.4. The SMILES string of the molecule is CC(C)c1ccc2ncc(CC(=O)O)n2n1. The molecule has 0 unspecified atom stereocenters. The van der Waals surface area contributed by atoms with E-state index in [4.69, 9.17) is 5.11 Å². The molecule has 0 amide bonds. The van der Waals surface area contributed by atoms with E-state index < -0.39 is 5.97 Å². The Morgan fingerprint density at radius 1 is 1.50 bits per heavy atom. The van der Waals surface area contributed by atoms with Gasteiger partial charge in [-0.3, -0.25) is 4.79 Å². The fraction of sp³-hybridized carbons (Fsp3) is 0.364. The van der Waals surface area contributed by atoms with Gasteiger partial charge in [0.15, 0.2) is 5.65 Å². The minimum Gasteiger partial charge on any atom is -0.481 e. The Bertz CT molecular complexity index is 531. The van der Waals surface area contributed by atoms with Crippen LogP contribution in [0.15, 0.2) is 18.3 Å². The van der Waals surface area contributed by atoms with Gasteiger partial charge in [0.2, 0.25) is 0 Å². The summed E-state index contributed by atoms with van der Waals surface area (Å²) in [6.07, 6.45) is 1.50. The molecular formula is C11H13N3O2. The molecule has 2 rings (SSSR count). The Labute approximate surface area is 92.7 Å². The Morgan fingerprint density at radius 3 is 2.88 bits per heavy atom. The summed E-state index contributed by atoms with van der Waals surface area (Å²) in [5, 5.41) is 13.1. The maximum atomic E-state index is 10.7. The van der Waals surface area contributed by atoms with Gasteiger partial charge >= 0.3 is 5.97 Å². The number of fused-ring (bicyclic) bond motifs is 1. The maximum absolute atomic E-state index is 10.7. The normalized spacial score (nSPS) is 11.2. The number of carboxylic acid groups (broad SMARTS) is 1. The third-order valence-electron chi connectivity index (χ3n) is 2.38. The summed E-state index contributed by atoms with van der Waals surface area (Å²) in [6, 6.07) is 3.77. The van der Waals surface area contributed by atoms with Gasteiger partial charge in [0.25, 0.3) is 0 Å². The van der Waals surface area contributed by atoms with E-state index in [9.17, 15) is 4.79 Å². The van der Waals surface area contributed by atoms with Crippen molar-refractivity contribution in [1.29, 1.82) is 0 Å². The average Bonchev–Trinajstić information content (AvgIpc) is 2.60. The summed E-state index contributed by atoms with van der Waals surface area (Å²) in [4.78, 5) is 14.8. The lowest BCUT2D eigenvalue weighted by Gasteiger charge is -2.05. The zero-order valence-electron chi connectivity index (χ0n) is 9.21. The predicted molar refractivity (Wildman–Crippen MR) is 58.4 cm³/mol. The summed E-state index contributed by atoms with van der Waals surface area (Å²) in [6.45, 7) is 4.09. The number of imidazole rings is 1. The van der Waals surface area contributed by atoms with Crippen molar-refractivity contribution in [2.45, 2.75) is 26.2 Å². The van der Waals surface area contributed by atoms with E-state index in [2.05, 4.69) is 10.1 Å². The lowest BCUT2D eigenvalue weighted by molar-refractivity contribution is -0.136. The number of carbonyl (C=O) groups is 1. The summed E-state index contributed by atoms with van der Waals surface area (Å²) >= 11 is 0. The molecule has 0 spiro atoms. The maximum Gasteiger partial charge on any atom is 0.309 e. The van der Waals surface area contributed by atoms with Crippen LogP contribution in [0.4, 0.5) is 0 Å². The van der Waals surface area contributed by atoms with Crippen molar-refractivity contribution >= 4 is 11.6 Å². The van der Waals surface area contributed by atoms with E-state index >= 15 is 0 Å². The summed E-state index contributed by atoms with van der Waals surface area (Å²) in [5.74, 6) is -0.567. The Balaban J connectivity index is 2.51. The first-order chi connectivity index (χ1) is 7.58. The van der Waals surface area contributed by atoms with Crippen LogP contribution in [-0.2, 0) is 11.2 Å². The van der Waals surface area contributed by atoms with Crippen LogP contribution >= 0.6 is 0 Å². The monoisotopic (exact) mass is 219 g/mol. The molecule has 0 bridgehead atoms. The first-order valence-electron chi connectivity index (χ1n) is 5.13. The van der Waals surface area contributed by atoms with E-state index in [1.807, 2.05) is 26.0 Å². The number of aromatic nitrogens is 3. The number of nitrogens with zero attached hydrogens (tertiary/aromatic N) is 3. The highest BCUT2D eigenvalue weighted by Gasteiger charge is 2.10. The molecule has 0 aromatic carbocycles. The van der Waals surface area contributed by atoms with Crippen LogP contribution < -0.4 is 0 Å². The molecule has 0 saturated heterocycles. The topological polar surface area (TPSA) is 67.5 Å². The van der Waals surface area contributed by atoms with Gasteiger partial charge in [0.1, 0.15) is 0 Å². The van der Waals surface area contributed by atoms with Crippen molar-refractivity contribution in [2.24, 2.45) is 0 Å². The number of hydrogen-bond acceptors (Lipinski definition) is 3. The van der Waals surface area contributed by atoms with E-state index in [1.54, 1.807) is 10.7 Å². The molecule has 1 N–H and O–H groups in total. The molecule has 0 aliphatic heterocycles. The van der Waals surface area contributed by atoms with E-state index in [0.717, 1.165) is 5.69 Å². The van der Waals surface area contributed by atoms with E-state index in [0.29, 0.717) is 17.3 Å². The summed E-state index contributed by atoms with van der Waals surface area (Å²) < 4.78 is 1.60. The van der Waals surface area contributed by atoms with Crippen molar-refractivity contribution in [3.8, 4) is 0 Å². The second-order valence-electron chi connectivity index (χ2n) is 4.00. The quantitative estimate of drug-likeness (QED) is 0.849. The first-order valence-corrected chi connectivity index (χ1v) is 5.13. The van der Waals surface area contributed by atoms with Gasteiger partial charge in [-0.25, -0.2) is 9.50 Å². The van der Waals surface area contributed by atoms with Gasteiger partial charge in [-0.15, -0.1) is 0 Å². The zero-order chi connectivity index (χ0) is 11.7. The van der Waals surface area contributed by atoms with Crippen LogP contribution in [0, 0.1) is 0 Å². The highest BCUT2D eigenvalue weighted by molar-refractivity contribution is 5.69. The standard InChI is InChI=1S/C11H13N3O2/c1-7(2)9-3-4-10-12-6-8(5-11(15)16)14(10)13-9/h3-4,6-7H,5H2,1-2H3,(H,15,16). The predicted octanol–water partition coefficient (Wildman–Crippen LogP) is 1.48. The lowest BCUT2D eigenvalue weighted by atomic mass is 10.1. The van der Waals surface area contributed by atoms with E-state index in [1.165, 1.54) is 0 Å². The molecule has 0 radical (unpaired) electrons. The van der Waals surface area contributed by atoms with Gasteiger partial charge in [-0.05, 0) is 18.1 Å². The number of rotatable bonds is 3. The second-order valence-corrected chi connectivity index (χ2v) is 4.00. The van der Waals surface area contributed by atoms with Gasteiger partial charge in [0, 0.05) is 0 Å². The minimum atomic E-state index is -0.876. The minimum absolute atomic E-state index is 0.0598. The van der Waals surface area contributed by atoms with Gasteiger partial charge < -0.3 is 5.11 Å². The molecule has 0 atom stereocenters. The number of aliphatic carboxylic acids is 1. The highest BCUT2D eigenvalue weighted by Crippen LogP contribution is 2.13. The second kappa shape index (κ2) is 3.92. The van der Waals surface area contributed by atoms with Crippen LogP contribution in [-0.4, -0.2) is 25.7 Å². The Hall–Kier alpha value is -1.91. The van der Waals surface area contributed by atoms with Crippen LogP contribution in [0.2, 0.25) is 0 Å². The molecule has 16 heavy (non-hydrogen) atoms. The van der Waals surface area contributed by atoms with E-state index in [-0.39, 0.29) is 6.42 Å². The molecule has 5 heteroatoms. The molecule has 5 nitrogen and oxygen atoms in total. The van der Waals surface area contributed by atoms with Crippen molar-refractivity contribution < 1.29 is 9.90 Å². The third-order valence-corrected chi connectivity index (χ3v) is 2.38. The van der Waals surface area contributed by atoms with Gasteiger partial charge in [-0.2, -0.15) is 5.10 Å². The zero-order valence-corrected chi connectivity index (χ0v) is 9.21. The average molecular weight is 219 g/mol. The Kier molecular flexibility index (Phi) is 2.60. The Morgan fingerprint density at radius 2 is 2.25 bits per heavy atom. The van der Waals surface area contributed by atoms with Crippen LogP contribution in [0.5, 0.6) is 0 Å². The van der Waals surface area contributed by atoms with Crippen LogP contribution in [0.1, 0.15) is 31.2 Å². The first kappa shape index (κ1) is 10.6. The van der Waals surface area contributed by atoms with Crippen molar-refractivity contribution in [2.75, 3.05) is 0 Å². The van der Waals surface area contributed by atoms with Gasteiger partial charge in [0.05, 0.1) is 24.0 Å². The molecule has 0 aliphatic rings. The van der Waals surface area contributed by atoms with Crippen LogP contribution in [0.25, 0.3) is 5.65 Å². The number of hydrogen-bond donors (Lipinski definition) is 1. The molecule has 0 aliphatic carbocycles. The van der Waals surface area contributed by atoms with Crippen molar-refractivity contribution in [3.63, 3.8) is 0 Å².